The molecule has 0 aromatic heterocycles. The van der Waals surface area contributed by atoms with E-state index in [-0.39, 0.29) is 24.0 Å². The number of rotatable bonds is 6. The van der Waals surface area contributed by atoms with Crippen LogP contribution in [0.25, 0.3) is 0 Å². The number of aliphatic carboxylic acids is 1. The van der Waals surface area contributed by atoms with E-state index in [1.807, 2.05) is 0 Å². The van der Waals surface area contributed by atoms with Crippen LogP contribution in [0.2, 0.25) is 0 Å². The minimum atomic E-state index is -2.78. The third kappa shape index (κ3) is 5.46. The van der Waals surface area contributed by atoms with E-state index in [0.29, 0.717) is 19.3 Å². The van der Waals surface area contributed by atoms with Gasteiger partial charge in [0.15, 0.2) is 0 Å². The third-order valence-electron chi connectivity index (χ3n) is 2.81. The number of unbranched alkanes of at least 4 members (excludes halogenated alkanes) is 1. The molecular formula is C10H19NO4S. The lowest BCUT2D eigenvalue weighted by Crippen LogP contribution is -2.37. The van der Waals surface area contributed by atoms with E-state index < -0.39 is 15.8 Å². The summed E-state index contributed by atoms with van der Waals surface area (Å²) < 4.78 is 22.3. The molecule has 0 aliphatic carbocycles. The van der Waals surface area contributed by atoms with Crippen molar-refractivity contribution in [2.75, 3.05) is 18.1 Å². The molecule has 0 unspecified atom stereocenters. The Morgan fingerprint density at radius 1 is 1.25 bits per heavy atom. The predicted molar refractivity (Wildman–Crippen MR) is 61.2 cm³/mol. The van der Waals surface area contributed by atoms with Crippen molar-refractivity contribution in [2.45, 2.75) is 38.1 Å². The molecule has 16 heavy (non-hydrogen) atoms. The Kier molecular flexibility index (Phi) is 5.21. The number of carbonyl (C=O) groups is 1. The second-order valence-electron chi connectivity index (χ2n) is 4.23. The van der Waals surface area contributed by atoms with E-state index in [1.54, 1.807) is 0 Å². The standard InChI is InChI=1S/C10H19NO4S/c12-10(13)3-1-2-6-11-9-4-7-16(14,15)8-5-9/h9,11H,1-8H2,(H,12,13). The van der Waals surface area contributed by atoms with Gasteiger partial charge < -0.3 is 10.4 Å². The molecule has 2 N–H and O–H groups in total. The van der Waals surface area contributed by atoms with Gasteiger partial charge in [-0.25, -0.2) is 8.42 Å². The normalized spacial score (nSPS) is 20.8. The molecule has 1 heterocycles. The van der Waals surface area contributed by atoms with E-state index in [0.717, 1.165) is 13.0 Å². The zero-order valence-electron chi connectivity index (χ0n) is 9.31. The van der Waals surface area contributed by atoms with Gasteiger partial charge in [0.05, 0.1) is 11.5 Å². The highest BCUT2D eigenvalue weighted by Gasteiger charge is 2.22. The minimum Gasteiger partial charge on any atom is -0.481 e. The Morgan fingerprint density at radius 3 is 2.44 bits per heavy atom. The van der Waals surface area contributed by atoms with Crippen molar-refractivity contribution < 1.29 is 18.3 Å². The van der Waals surface area contributed by atoms with Crippen LogP contribution in [0.15, 0.2) is 0 Å². The first-order valence-electron chi connectivity index (χ1n) is 5.65. The lowest BCUT2D eigenvalue weighted by atomic mass is 10.1. The summed E-state index contributed by atoms with van der Waals surface area (Å²) in [6.07, 6.45) is 3.08. The molecule has 1 rings (SSSR count). The smallest absolute Gasteiger partial charge is 0.303 e. The van der Waals surface area contributed by atoms with Crippen molar-refractivity contribution in [3.8, 4) is 0 Å². The Morgan fingerprint density at radius 2 is 1.88 bits per heavy atom. The van der Waals surface area contributed by atoms with Gasteiger partial charge in [0.1, 0.15) is 9.84 Å². The molecule has 0 aromatic rings. The monoisotopic (exact) mass is 249 g/mol. The first-order chi connectivity index (χ1) is 7.49. The molecule has 0 spiro atoms. The van der Waals surface area contributed by atoms with Crippen LogP contribution in [0.1, 0.15) is 32.1 Å². The van der Waals surface area contributed by atoms with Crippen LogP contribution in [-0.4, -0.2) is 43.6 Å². The fourth-order valence-corrected chi connectivity index (χ4v) is 3.29. The maximum absolute atomic E-state index is 11.2. The van der Waals surface area contributed by atoms with Gasteiger partial charge in [0.2, 0.25) is 0 Å². The number of carboxylic acid groups (broad SMARTS) is 1. The van der Waals surface area contributed by atoms with Crippen molar-refractivity contribution >= 4 is 15.8 Å². The average Bonchev–Trinajstić information content (AvgIpc) is 2.19. The first-order valence-corrected chi connectivity index (χ1v) is 7.47. The Hall–Kier alpha value is -0.620. The molecule has 0 saturated carbocycles. The van der Waals surface area contributed by atoms with E-state index in [9.17, 15) is 13.2 Å². The van der Waals surface area contributed by atoms with Crippen LogP contribution in [0.4, 0.5) is 0 Å². The molecule has 0 amide bonds. The van der Waals surface area contributed by atoms with Crippen molar-refractivity contribution in [1.82, 2.24) is 5.32 Å². The molecule has 5 nitrogen and oxygen atoms in total. The molecular weight excluding hydrogens is 230 g/mol. The summed E-state index contributed by atoms with van der Waals surface area (Å²) >= 11 is 0. The number of hydrogen-bond acceptors (Lipinski definition) is 4. The van der Waals surface area contributed by atoms with Gasteiger partial charge in [-0.05, 0) is 32.2 Å². The summed E-state index contributed by atoms with van der Waals surface area (Å²) in [6.45, 7) is 0.776. The molecule has 94 valence electrons. The Labute approximate surface area is 96.1 Å². The number of hydrogen-bond donors (Lipinski definition) is 2. The second-order valence-corrected chi connectivity index (χ2v) is 6.53. The number of sulfone groups is 1. The van der Waals surface area contributed by atoms with Gasteiger partial charge in [-0.2, -0.15) is 0 Å². The molecule has 1 aliphatic rings. The van der Waals surface area contributed by atoms with Crippen LogP contribution >= 0.6 is 0 Å². The maximum Gasteiger partial charge on any atom is 0.303 e. The van der Waals surface area contributed by atoms with Crippen molar-refractivity contribution in [3.05, 3.63) is 0 Å². The van der Waals surface area contributed by atoms with Gasteiger partial charge in [-0.1, -0.05) is 0 Å². The highest BCUT2D eigenvalue weighted by molar-refractivity contribution is 7.91. The predicted octanol–water partition coefficient (Wildman–Crippen LogP) is 0.408. The number of nitrogens with one attached hydrogen (secondary N) is 1. The fourth-order valence-electron chi connectivity index (χ4n) is 1.80. The third-order valence-corrected chi connectivity index (χ3v) is 4.52. The van der Waals surface area contributed by atoms with Gasteiger partial charge >= 0.3 is 5.97 Å². The lowest BCUT2D eigenvalue weighted by molar-refractivity contribution is -0.137. The summed E-state index contributed by atoms with van der Waals surface area (Å²) in [7, 11) is -2.78. The highest BCUT2D eigenvalue weighted by Crippen LogP contribution is 2.12. The summed E-state index contributed by atoms with van der Waals surface area (Å²) in [6, 6.07) is 0.286. The van der Waals surface area contributed by atoms with Gasteiger partial charge in [0, 0.05) is 12.5 Å². The van der Waals surface area contributed by atoms with Crippen LogP contribution in [0, 0.1) is 0 Å². The average molecular weight is 249 g/mol. The lowest BCUT2D eigenvalue weighted by Gasteiger charge is -2.22. The van der Waals surface area contributed by atoms with E-state index in [4.69, 9.17) is 5.11 Å². The van der Waals surface area contributed by atoms with E-state index >= 15 is 0 Å². The first kappa shape index (κ1) is 13.4. The van der Waals surface area contributed by atoms with Crippen LogP contribution in [0.3, 0.4) is 0 Å². The van der Waals surface area contributed by atoms with Gasteiger partial charge in [0.25, 0.3) is 0 Å². The molecule has 0 bridgehead atoms. The van der Waals surface area contributed by atoms with Gasteiger partial charge in [-0.3, -0.25) is 4.79 Å². The van der Waals surface area contributed by atoms with Crippen molar-refractivity contribution in [3.63, 3.8) is 0 Å². The number of carboxylic acids is 1. The highest BCUT2D eigenvalue weighted by atomic mass is 32.2. The topological polar surface area (TPSA) is 83.5 Å². The second kappa shape index (κ2) is 6.20. The van der Waals surface area contributed by atoms with Crippen LogP contribution in [-0.2, 0) is 14.6 Å². The molecule has 1 aliphatic heterocycles. The van der Waals surface area contributed by atoms with Crippen molar-refractivity contribution in [2.24, 2.45) is 0 Å². The summed E-state index contributed by atoms with van der Waals surface area (Å²) in [5.41, 5.74) is 0. The van der Waals surface area contributed by atoms with E-state index in [1.165, 1.54) is 0 Å². The SMILES string of the molecule is O=C(O)CCCCNC1CCS(=O)(=O)CC1. The quantitative estimate of drug-likeness (QED) is 0.666. The molecule has 1 fully saturated rings. The molecule has 0 atom stereocenters. The molecule has 0 aromatic carbocycles. The van der Waals surface area contributed by atoms with E-state index in [2.05, 4.69) is 5.32 Å². The fraction of sp³-hybridized carbons (Fsp3) is 0.900. The largest absolute Gasteiger partial charge is 0.481 e. The zero-order chi connectivity index (χ0) is 12.0. The van der Waals surface area contributed by atoms with Crippen LogP contribution in [0.5, 0.6) is 0 Å². The summed E-state index contributed by atoms with van der Waals surface area (Å²) in [5, 5.41) is 11.7. The van der Waals surface area contributed by atoms with Crippen molar-refractivity contribution in [1.29, 1.82) is 0 Å². The minimum absolute atomic E-state index is 0.209. The molecule has 1 saturated heterocycles. The Bertz CT molecular complexity index is 312. The Balaban J connectivity index is 2.04. The maximum atomic E-state index is 11.2. The summed E-state index contributed by atoms with van der Waals surface area (Å²) in [5.74, 6) is -0.205. The molecule has 0 radical (unpaired) electrons. The molecule has 6 heteroatoms. The summed E-state index contributed by atoms with van der Waals surface area (Å²) in [4.78, 5) is 10.2. The zero-order valence-corrected chi connectivity index (χ0v) is 10.1. The van der Waals surface area contributed by atoms with Crippen LogP contribution < -0.4 is 5.32 Å². The van der Waals surface area contributed by atoms with Gasteiger partial charge in [-0.15, -0.1) is 0 Å².